The van der Waals surface area contributed by atoms with E-state index in [2.05, 4.69) is 4.99 Å². The van der Waals surface area contributed by atoms with Crippen molar-refractivity contribution in [2.45, 2.75) is 19.3 Å². The zero-order valence-electron chi connectivity index (χ0n) is 10.7. The maximum atomic E-state index is 13.9. The molecule has 2 rings (SSSR count). The molecule has 1 amide bonds. The number of methoxy groups -OCH3 is 1. The van der Waals surface area contributed by atoms with Gasteiger partial charge in [0.15, 0.2) is 0 Å². The zero-order chi connectivity index (χ0) is 14.0. The third-order valence-electron chi connectivity index (χ3n) is 3.31. The summed E-state index contributed by atoms with van der Waals surface area (Å²) in [7, 11) is 1.27. The first kappa shape index (κ1) is 13.4. The smallest absolute Gasteiger partial charge is 0.315 e. The van der Waals surface area contributed by atoms with E-state index >= 15 is 0 Å². The number of rotatable bonds is 2. The van der Waals surface area contributed by atoms with Gasteiger partial charge in [-0.05, 0) is 18.6 Å². The lowest BCUT2D eigenvalue weighted by Crippen LogP contribution is -2.35. The number of aliphatic imine (C=N–C) groups is 1. The van der Waals surface area contributed by atoms with Crippen LogP contribution in [0.2, 0.25) is 0 Å². The summed E-state index contributed by atoms with van der Waals surface area (Å²) in [5.41, 5.74) is 0.719. The Bertz CT molecular complexity index is 553. The van der Waals surface area contributed by atoms with Crippen LogP contribution in [0.15, 0.2) is 29.3 Å². The van der Waals surface area contributed by atoms with Crippen molar-refractivity contribution in [3.05, 3.63) is 35.6 Å². The van der Waals surface area contributed by atoms with Crippen molar-refractivity contribution >= 4 is 17.6 Å². The van der Waals surface area contributed by atoms with E-state index in [-0.39, 0.29) is 12.3 Å². The van der Waals surface area contributed by atoms with E-state index in [0.29, 0.717) is 11.3 Å². The number of amides is 1. The van der Waals surface area contributed by atoms with Crippen LogP contribution in [0.5, 0.6) is 0 Å². The van der Waals surface area contributed by atoms with E-state index in [4.69, 9.17) is 4.74 Å². The van der Waals surface area contributed by atoms with Gasteiger partial charge in [-0.1, -0.05) is 18.2 Å². The Morgan fingerprint density at radius 1 is 1.42 bits per heavy atom. The molecular weight excluding hydrogens is 249 g/mol. The van der Waals surface area contributed by atoms with E-state index < -0.39 is 23.6 Å². The minimum Gasteiger partial charge on any atom is -0.468 e. The number of hydrogen-bond acceptors (Lipinski definition) is 3. The first-order valence-corrected chi connectivity index (χ1v) is 5.95. The molecule has 19 heavy (non-hydrogen) atoms. The van der Waals surface area contributed by atoms with Crippen molar-refractivity contribution in [3.63, 3.8) is 0 Å². The molecule has 0 spiro atoms. The highest BCUT2D eigenvalue weighted by Gasteiger charge is 2.38. The molecule has 0 saturated carbocycles. The maximum absolute atomic E-state index is 13.9. The molecule has 2 atom stereocenters. The van der Waals surface area contributed by atoms with E-state index in [1.165, 1.54) is 13.2 Å². The van der Waals surface area contributed by atoms with Gasteiger partial charge in [0.05, 0.1) is 7.11 Å². The van der Waals surface area contributed by atoms with Crippen molar-refractivity contribution < 1.29 is 18.7 Å². The molecule has 1 heterocycles. The standard InChI is InChI=1S/C14H14FNO3/c1-8-13(14(18)19-2)10(7-12(17)16-8)9-5-3-4-6-11(9)15/h3-6,10,13H,7H2,1-2H3. The van der Waals surface area contributed by atoms with E-state index in [0.717, 1.165) is 0 Å². The highest BCUT2D eigenvalue weighted by Crippen LogP contribution is 2.35. The lowest BCUT2D eigenvalue weighted by atomic mass is 9.79. The lowest BCUT2D eigenvalue weighted by molar-refractivity contribution is -0.144. The molecular formula is C14H14FNO3. The summed E-state index contributed by atoms with van der Waals surface area (Å²) in [5, 5.41) is 0. The number of ether oxygens (including phenoxy) is 1. The summed E-state index contributed by atoms with van der Waals surface area (Å²) < 4.78 is 18.6. The lowest BCUT2D eigenvalue weighted by Gasteiger charge is -2.28. The second-order valence-electron chi connectivity index (χ2n) is 4.48. The molecule has 0 aliphatic carbocycles. The first-order chi connectivity index (χ1) is 9.04. The van der Waals surface area contributed by atoms with Gasteiger partial charge in [0.25, 0.3) is 0 Å². The topological polar surface area (TPSA) is 55.7 Å². The molecule has 1 aliphatic heterocycles. The van der Waals surface area contributed by atoms with Gasteiger partial charge in [-0.3, -0.25) is 9.59 Å². The average molecular weight is 263 g/mol. The first-order valence-electron chi connectivity index (χ1n) is 5.95. The molecule has 0 saturated heterocycles. The monoisotopic (exact) mass is 263 g/mol. The van der Waals surface area contributed by atoms with Crippen LogP contribution in [0.25, 0.3) is 0 Å². The fraction of sp³-hybridized carbons (Fsp3) is 0.357. The number of benzene rings is 1. The van der Waals surface area contributed by atoms with Crippen LogP contribution in [0.4, 0.5) is 4.39 Å². The van der Waals surface area contributed by atoms with E-state index in [1.54, 1.807) is 25.1 Å². The van der Waals surface area contributed by atoms with Crippen molar-refractivity contribution in [2.75, 3.05) is 7.11 Å². The van der Waals surface area contributed by atoms with Crippen molar-refractivity contribution in [2.24, 2.45) is 10.9 Å². The number of hydrogen-bond donors (Lipinski definition) is 0. The quantitative estimate of drug-likeness (QED) is 0.768. The van der Waals surface area contributed by atoms with Crippen LogP contribution < -0.4 is 0 Å². The summed E-state index contributed by atoms with van der Waals surface area (Å²) in [6.07, 6.45) is 0.0119. The van der Waals surface area contributed by atoms with Gasteiger partial charge in [0, 0.05) is 18.1 Å². The highest BCUT2D eigenvalue weighted by molar-refractivity contribution is 6.08. The van der Waals surface area contributed by atoms with Crippen LogP contribution in [-0.2, 0) is 14.3 Å². The second kappa shape index (κ2) is 5.30. The fourth-order valence-corrected chi connectivity index (χ4v) is 2.44. The number of halogens is 1. The molecule has 100 valence electrons. The van der Waals surface area contributed by atoms with Crippen LogP contribution in [0.1, 0.15) is 24.8 Å². The molecule has 0 bridgehead atoms. The van der Waals surface area contributed by atoms with Crippen molar-refractivity contribution in [3.8, 4) is 0 Å². The molecule has 4 nitrogen and oxygen atoms in total. The molecule has 1 aromatic rings. The Hall–Kier alpha value is -2.04. The Morgan fingerprint density at radius 3 is 2.74 bits per heavy atom. The maximum Gasteiger partial charge on any atom is 0.315 e. The zero-order valence-corrected chi connectivity index (χ0v) is 10.7. The predicted octanol–water partition coefficient (Wildman–Crippen LogP) is 2.09. The molecule has 0 aromatic heterocycles. The Balaban J connectivity index is 2.47. The van der Waals surface area contributed by atoms with Crippen LogP contribution in [0.3, 0.4) is 0 Å². The highest BCUT2D eigenvalue weighted by atomic mass is 19.1. The minimum absolute atomic E-state index is 0.0119. The minimum atomic E-state index is -0.709. The van der Waals surface area contributed by atoms with Gasteiger partial charge in [0.2, 0.25) is 5.91 Å². The van der Waals surface area contributed by atoms with Crippen LogP contribution in [0, 0.1) is 11.7 Å². The molecule has 1 aliphatic rings. The number of carbonyl (C=O) groups is 2. The average Bonchev–Trinajstić information content (AvgIpc) is 2.37. The Labute approximate surface area is 110 Å². The van der Waals surface area contributed by atoms with Gasteiger partial charge < -0.3 is 4.74 Å². The van der Waals surface area contributed by atoms with Gasteiger partial charge in [-0.2, -0.15) is 0 Å². The SMILES string of the molecule is COC(=O)C1C(C)=NC(=O)CC1c1ccccc1F. The van der Waals surface area contributed by atoms with Crippen molar-refractivity contribution in [1.82, 2.24) is 0 Å². The van der Waals surface area contributed by atoms with Gasteiger partial charge in [-0.15, -0.1) is 0 Å². The molecule has 5 heteroatoms. The van der Waals surface area contributed by atoms with E-state index in [1.807, 2.05) is 0 Å². The summed E-state index contributed by atoms with van der Waals surface area (Å²) in [6.45, 7) is 1.59. The largest absolute Gasteiger partial charge is 0.468 e. The van der Waals surface area contributed by atoms with Gasteiger partial charge >= 0.3 is 5.97 Å². The Morgan fingerprint density at radius 2 is 2.11 bits per heavy atom. The third kappa shape index (κ3) is 2.54. The number of nitrogens with zero attached hydrogens (tertiary/aromatic N) is 1. The third-order valence-corrected chi connectivity index (χ3v) is 3.31. The summed E-state index contributed by atoms with van der Waals surface area (Å²) in [5.74, 6) is -2.53. The van der Waals surface area contributed by atoms with Crippen molar-refractivity contribution in [1.29, 1.82) is 0 Å². The van der Waals surface area contributed by atoms with E-state index in [9.17, 15) is 14.0 Å². The molecule has 2 unspecified atom stereocenters. The normalized spacial score (nSPS) is 22.9. The number of esters is 1. The van der Waals surface area contributed by atoms with Crippen LogP contribution in [-0.4, -0.2) is 24.7 Å². The molecule has 0 radical (unpaired) electrons. The molecule has 0 N–H and O–H groups in total. The Kier molecular flexibility index (Phi) is 3.74. The summed E-state index contributed by atoms with van der Waals surface area (Å²) in [4.78, 5) is 27.2. The van der Waals surface area contributed by atoms with Crippen LogP contribution >= 0.6 is 0 Å². The predicted molar refractivity (Wildman–Crippen MR) is 67.4 cm³/mol. The summed E-state index contributed by atoms with van der Waals surface area (Å²) in [6, 6.07) is 6.15. The molecule has 0 fully saturated rings. The number of carbonyl (C=O) groups excluding carboxylic acids is 2. The fourth-order valence-electron chi connectivity index (χ4n) is 2.44. The summed E-state index contributed by atoms with van der Waals surface area (Å²) >= 11 is 0. The second-order valence-corrected chi connectivity index (χ2v) is 4.48. The van der Waals surface area contributed by atoms with Gasteiger partial charge in [0.1, 0.15) is 11.7 Å². The van der Waals surface area contributed by atoms with Gasteiger partial charge in [-0.25, -0.2) is 9.38 Å². The molecule has 1 aromatic carbocycles.